The molecule has 1 saturated carbocycles. The number of aromatic nitrogens is 2. The molecule has 16 heavy (non-hydrogen) atoms. The van der Waals surface area contributed by atoms with Crippen molar-refractivity contribution in [3.8, 4) is 0 Å². The molecule has 2 aromatic rings. The highest BCUT2D eigenvalue weighted by atomic mass is 15.0. The van der Waals surface area contributed by atoms with Crippen LogP contribution in [0.2, 0.25) is 0 Å². The zero-order chi connectivity index (χ0) is 11.0. The molecule has 1 fully saturated rings. The van der Waals surface area contributed by atoms with Crippen LogP contribution in [-0.4, -0.2) is 9.38 Å². The summed E-state index contributed by atoms with van der Waals surface area (Å²) in [6.45, 7) is 0.590. The predicted octanol–water partition coefficient (Wildman–Crippen LogP) is 2.45. The molecule has 2 aromatic heterocycles. The van der Waals surface area contributed by atoms with Crippen molar-refractivity contribution in [2.45, 2.75) is 38.1 Å². The summed E-state index contributed by atoms with van der Waals surface area (Å²) in [5, 5.41) is 0. The summed E-state index contributed by atoms with van der Waals surface area (Å²) in [5.41, 5.74) is 9.09. The topological polar surface area (TPSA) is 43.3 Å². The van der Waals surface area contributed by atoms with Gasteiger partial charge in [0.15, 0.2) is 0 Å². The van der Waals surface area contributed by atoms with Gasteiger partial charge in [-0.3, -0.25) is 0 Å². The van der Waals surface area contributed by atoms with Gasteiger partial charge in [0.1, 0.15) is 5.65 Å². The van der Waals surface area contributed by atoms with Gasteiger partial charge in [0, 0.05) is 24.9 Å². The molecule has 2 heterocycles. The molecule has 3 nitrogen and oxygen atoms in total. The monoisotopic (exact) mass is 215 g/mol. The molecule has 0 saturated heterocycles. The Hall–Kier alpha value is -1.35. The van der Waals surface area contributed by atoms with Gasteiger partial charge in [-0.1, -0.05) is 18.9 Å². The molecule has 0 unspecified atom stereocenters. The van der Waals surface area contributed by atoms with Gasteiger partial charge < -0.3 is 10.1 Å². The standard InChI is InChI=1S/C13H17N3/c14-7-10-5-6-13-15-12(9-16(13)8-10)11-3-1-2-4-11/h5-6,8-9,11H,1-4,7,14H2. The van der Waals surface area contributed by atoms with E-state index < -0.39 is 0 Å². The molecular formula is C13H17N3. The van der Waals surface area contributed by atoms with E-state index in [2.05, 4.69) is 28.9 Å². The van der Waals surface area contributed by atoms with Crippen LogP contribution < -0.4 is 5.73 Å². The molecule has 3 rings (SSSR count). The highest BCUT2D eigenvalue weighted by molar-refractivity contribution is 5.42. The molecular weight excluding hydrogens is 198 g/mol. The molecule has 2 N–H and O–H groups in total. The number of hydrogen-bond acceptors (Lipinski definition) is 2. The summed E-state index contributed by atoms with van der Waals surface area (Å²) in [6.07, 6.45) is 9.56. The average Bonchev–Trinajstić information content (AvgIpc) is 2.96. The smallest absolute Gasteiger partial charge is 0.137 e. The van der Waals surface area contributed by atoms with Crippen molar-refractivity contribution in [1.82, 2.24) is 9.38 Å². The number of nitrogens with zero attached hydrogens (tertiary/aromatic N) is 2. The summed E-state index contributed by atoms with van der Waals surface area (Å²) >= 11 is 0. The number of pyridine rings is 1. The van der Waals surface area contributed by atoms with E-state index in [1.165, 1.54) is 31.4 Å². The zero-order valence-electron chi connectivity index (χ0n) is 9.39. The maximum atomic E-state index is 5.64. The minimum atomic E-state index is 0.590. The normalized spacial score (nSPS) is 17.3. The lowest BCUT2D eigenvalue weighted by Gasteiger charge is -2.02. The Kier molecular flexibility index (Phi) is 2.40. The SMILES string of the molecule is NCc1ccc2nc(C3CCCC3)cn2c1. The number of hydrogen-bond donors (Lipinski definition) is 1. The van der Waals surface area contributed by atoms with Crippen LogP contribution in [0.3, 0.4) is 0 Å². The van der Waals surface area contributed by atoms with Gasteiger partial charge in [-0.15, -0.1) is 0 Å². The average molecular weight is 215 g/mol. The number of nitrogens with two attached hydrogens (primary N) is 1. The van der Waals surface area contributed by atoms with Gasteiger partial charge in [0.05, 0.1) is 5.69 Å². The maximum absolute atomic E-state index is 5.64. The third-order valence-corrected chi connectivity index (χ3v) is 3.54. The van der Waals surface area contributed by atoms with Gasteiger partial charge in [-0.2, -0.15) is 0 Å². The molecule has 0 aliphatic heterocycles. The second kappa shape index (κ2) is 3.91. The van der Waals surface area contributed by atoms with E-state index in [9.17, 15) is 0 Å². The van der Waals surface area contributed by atoms with E-state index in [0.29, 0.717) is 12.5 Å². The van der Waals surface area contributed by atoms with Crippen molar-refractivity contribution < 1.29 is 0 Å². The van der Waals surface area contributed by atoms with Crippen LogP contribution in [0.1, 0.15) is 42.9 Å². The van der Waals surface area contributed by atoms with E-state index in [1.807, 2.05) is 0 Å². The van der Waals surface area contributed by atoms with Gasteiger partial charge in [-0.05, 0) is 24.5 Å². The molecule has 0 atom stereocenters. The van der Waals surface area contributed by atoms with E-state index >= 15 is 0 Å². The first-order valence-corrected chi connectivity index (χ1v) is 6.04. The van der Waals surface area contributed by atoms with Crippen LogP contribution in [0.25, 0.3) is 5.65 Å². The van der Waals surface area contributed by atoms with Crippen LogP contribution in [0, 0.1) is 0 Å². The second-order valence-electron chi connectivity index (χ2n) is 4.65. The summed E-state index contributed by atoms with van der Waals surface area (Å²) in [4.78, 5) is 4.69. The molecule has 84 valence electrons. The third-order valence-electron chi connectivity index (χ3n) is 3.54. The summed E-state index contributed by atoms with van der Waals surface area (Å²) in [7, 11) is 0. The molecule has 0 radical (unpaired) electrons. The van der Waals surface area contributed by atoms with Crippen LogP contribution in [0.15, 0.2) is 24.5 Å². The molecule has 0 spiro atoms. The predicted molar refractivity (Wildman–Crippen MR) is 64.3 cm³/mol. The molecule has 0 bridgehead atoms. The largest absolute Gasteiger partial charge is 0.326 e. The molecule has 0 aromatic carbocycles. The molecule has 0 amide bonds. The summed E-state index contributed by atoms with van der Waals surface area (Å²) < 4.78 is 2.11. The van der Waals surface area contributed by atoms with Crippen molar-refractivity contribution >= 4 is 5.65 Å². The first kappa shape index (κ1) is 9.85. The van der Waals surface area contributed by atoms with E-state index in [-0.39, 0.29) is 0 Å². The maximum Gasteiger partial charge on any atom is 0.137 e. The minimum Gasteiger partial charge on any atom is -0.326 e. The van der Waals surface area contributed by atoms with Gasteiger partial charge in [0.25, 0.3) is 0 Å². The lowest BCUT2D eigenvalue weighted by atomic mass is 10.1. The minimum absolute atomic E-state index is 0.590. The van der Waals surface area contributed by atoms with Gasteiger partial charge >= 0.3 is 0 Å². The highest BCUT2D eigenvalue weighted by Gasteiger charge is 2.19. The summed E-state index contributed by atoms with van der Waals surface area (Å²) in [5.74, 6) is 0.682. The van der Waals surface area contributed by atoms with Crippen LogP contribution >= 0.6 is 0 Å². The Labute approximate surface area is 95.3 Å². The number of rotatable bonds is 2. The fraction of sp³-hybridized carbons (Fsp3) is 0.462. The first-order valence-electron chi connectivity index (χ1n) is 6.04. The Bertz CT molecular complexity index is 495. The van der Waals surface area contributed by atoms with Crippen molar-refractivity contribution in [1.29, 1.82) is 0 Å². The van der Waals surface area contributed by atoms with Crippen molar-refractivity contribution in [3.63, 3.8) is 0 Å². The third kappa shape index (κ3) is 1.61. The van der Waals surface area contributed by atoms with Crippen molar-refractivity contribution in [3.05, 3.63) is 35.8 Å². The van der Waals surface area contributed by atoms with E-state index in [4.69, 9.17) is 10.7 Å². The van der Waals surface area contributed by atoms with Crippen LogP contribution in [0.4, 0.5) is 0 Å². The Morgan fingerprint density at radius 3 is 2.81 bits per heavy atom. The highest BCUT2D eigenvalue weighted by Crippen LogP contribution is 2.33. The molecule has 1 aliphatic rings. The number of fused-ring (bicyclic) bond motifs is 1. The molecule has 1 aliphatic carbocycles. The van der Waals surface area contributed by atoms with Crippen molar-refractivity contribution in [2.75, 3.05) is 0 Å². The Balaban J connectivity index is 2.01. The quantitative estimate of drug-likeness (QED) is 0.836. The first-order chi connectivity index (χ1) is 7.86. The lowest BCUT2D eigenvalue weighted by Crippen LogP contribution is -1.97. The van der Waals surface area contributed by atoms with Gasteiger partial charge in [0.2, 0.25) is 0 Å². The van der Waals surface area contributed by atoms with E-state index in [0.717, 1.165) is 11.2 Å². The van der Waals surface area contributed by atoms with Crippen molar-refractivity contribution in [2.24, 2.45) is 5.73 Å². The Morgan fingerprint density at radius 1 is 1.25 bits per heavy atom. The van der Waals surface area contributed by atoms with Gasteiger partial charge in [-0.25, -0.2) is 4.98 Å². The fourth-order valence-electron chi connectivity index (χ4n) is 2.60. The lowest BCUT2D eigenvalue weighted by molar-refractivity contribution is 0.703. The number of imidazole rings is 1. The zero-order valence-corrected chi connectivity index (χ0v) is 9.39. The second-order valence-corrected chi connectivity index (χ2v) is 4.65. The van der Waals surface area contributed by atoms with Crippen LogP contribution in [0.5, 0.6) is 0 Å². The van der Waals surface area contributed by atoms with E-state index in [1.54, 1.807) is 0 Å². The van der Waals surface area contributed by atoms with Crippen LogP contribution in [-0.2, 0) is 6.54 Å². The molecule has 3 heteroatoms. The fourth-order valence-corrected chi connectivity index (χ4v) is 2.60. The Morgan fingerprint density at radius 2 is 2.06 bits per heavy atom. The summed E-state index contributed by atoms with van der Waals surface area (Å²) in [6, 6.07) is 4.11.